The van der Waals surface area contributed by atoms with E-state index in [1.54, 1.807) is 0 Å². The molecule has 8 heteroatoms. The number of alkyl halides is 3. The van der Waals surface area contributed by atoms with Gasteiger partial charge in [0.1, 0.15) is 6.04 Å². The predicted octanol–water partition coefficient (Wildman–Crippen LogP) is 1.14. The molecule has 1 aliphatic heterocycles. The number of carbonyl (C=O) groups is 1. The number of aliphatic carboxylic acids is 1. The second-order valence-corrected chi connectivity index (χ2v) is 4.05. The van der Waals surface area contributed by atoms with Crippen molar-refractivity contribution in [1.82, 2.24) is 5.01 Å². The summed E-state index contributed by atoms with van der Waals surface area (Å²) >= 11 is 0. The number of nitrogens with zero attached hydrogens (tertiary/aromatic N) is 2. The monoisotopic (exact) mass is 273 g/mol. The van der Waals surface area contributed by atoms with E-state index in [4.69, 9.17) is 10.8 Å². The van der Waals surface area contributed by atoms with Crippen molar-refractivity contribution in [3.63, 3.8) is 0 Å². The number of rotatable bonds is 4. The zero-order valence-corrected chi connectivity index (χ0v) is 9.55. The van der Waals surface area contributed by atoms with Gasteiger partial charge in [0.05, 0.1) is 0 Å². The van der Waals surface area contributed by atoms with Gasteiger partial charge in [0.25, 0.3) is 0 Å². The lowest BCUT2D eigenvalue weighted by molar-refractivity contribution is -0.201. The van der Waals surface area contributed by atoms with E-state index in [1.165, 1.54) is 24.3 Å². The highest BCUT2D eigenvalue weighted by molar-refractivity contribution is 6.05. The number of nitrogens with two attached hydrogens (primary N) is 1. The quantitative estimate of drug-likeness (QED) is 0.806. The van der Waals surface area contributed by atoms with Crippen LogP contribution < -0.4 is 5.73 Å². The van der Waals surface area contributed by atoms with Crippen LogP contribution in [0.15, 0.2) is 29.4 Å². The highest BCUT2D eigenvalue weighted by Crippen LogP contribution is 2.32. The third-order valence-corrected chi connectivity index (χ3v) is 2.58. The molecule has 1 aromatic carbocycles. The number of benzene rings is 1. The summed E-state index contributed by atoms with van der Waals surface area (Å²) < 4.78 is 36.7. The lowest BCUT2D eigenvalue weighted by Gasteiger charge is -2.08. The molecule has 1 aliphatic rings. The van der Waals surface area contributed by atoms with Crippen LogP contribution in [0.4, 0.5) is 13.2 Å². The molecule has 3 N–H and O–H groups in total. The van der Waals surface area contributed by atoms with Crippen LogP contribution in [-0.2, 0) is 11.2 Å². The van der Waals surface area contributed by atoms with Crippen molar-refractivity contribution in [3.8, 4) is 0 Å². The molecule has 0 saturated heterocycles. The van der Waals surface area contributed by atoms with Crippen LogP contribution >= 0.6 is 0 Å². The Labute approximate surface area is 106 Å². The third-order valence-electron chi connectivity index (χ3n) is 2.58. The fourth-order valence-corrected chi connectivity index (χ4v) is 1.56. The molecule has 19 heavy (non-hydrogen) atoms. The van der Waals surface area contributed by atoms with Crippen molar-refractivity contribution >= 4 is 11.8 Å². The van der Waals surface area contributed by atoms with Crippen LogP contribution in [0.1, 0.15) is 11.1 Å². The average Bonchev–Trinajstić information content (AvgIpc) is 3.09. The first-order valence-corrected chi connectivity index (χ1v) is 5.32. The molecule has 0 unspecified atom stereocenters. The predicted molar refractivity (Wildman–Crippen MR) is 60.2 cm³/mol. The number of amidine groups is 1. The Kier molecular flexibility index (Phi) is 3.19. The van der Waals surface area contributed by atoms with Gasteiger partial charge in [0, 0.05) is 5.56 Å². The summed E-state index contributed by atoms with van der Waals surface area (Å²) in [6.07, 6.45) is -4.38. The van der Waals surface area contributed by atoms with Gasteiger partial charge in [-0.1, -0.05) is 24.3 Å². The number of hydrazone groups is 1. The molecule has 0 aromatic heterocycles. The molecule has 0 radical (unpaired) electrons. The fourth-order valence-electron chi connectivity index (χ4n) is 1.56. The standard InChI is InChI=1S/C11H10F3N3O2/c12-11(13,14)17-9(16-17)7-3-1-6(2-4-7)5-8(15)10(18)19/h1-4,8H,5,15H2,(H,18,19)/t8-,17?/m0/s1. The van der Waals surface area contributed by atoms with Gasteiger partial charge < -0.3 is 10.8 Å². The molecule has 0 bridgehead atoms. The van der Waals surface area contributed by atoms with Gasteiger partial charge in [-0.3, -0.25) is 4.79 Å². The maximum atomic E-state index is 12.2. The van der Waals surface area contributed by atoms with E-state index in [0.29, 0.717) is 11.1 Å². The van der Waals surface area contributed by atoms with E-state index in [9.17, 15) is 18.0 Å². The summed E-state index contributed by atoms with van der Waals surface area (Å²) in [4.78, 5) is 10.6. The first-order valence-electron chi connectivity index (χ1n) is 5.32. The van der Waals surface area contributed by atoms with Crippen molar-refractivity contribution in [3.05, 3.63) is 35.4 Å². The lowest BCUT2D eigenvalue weighted by Crippen LogP contribution is -2.32. The molecule has 0 fully saturated rings. The van der Waals surface area contributed by atoms with Crippen molar-refractivity contribution in [2.45, 2.75) is 18.8 Å². The maximum Gasteiger partial charge on any atom is 0.506 e. The summed E-state index contributed by atoms with van der Waals surface area (Å²) in [5.74, 6) is -1.28. The zero-order valence-electron chi connectivity index (χ0n) is 9.55. The smallest absolute Gasteiger partial charge is 0.480 e. The van der Waals surface area contributed by atoms with Gasteiger partial charge in [-0.2, -0.15) is 0 Å². The first kappa shape index (κ1) is 13.3. The second kappa shape index (κ2) is 4.54. The normalized spacial score (nSPS) is 16.0. The summed E-state index contributed by atoms with van der Waals surface area (Å²) in [5, 5.41) is 11.8. The Morgan fingerprint density at radius 1 is 1.37 bits per heavy atom. The Bertz CT molecular complexity index is 525. The molecule has 0 amide bonds. The topological polar surface area (TPSA) is 78.7 Å². The van der Waals surface area contributed by atoms with Gasteiger partial charge in [-0.15, -0.1) is 23.3 Å². The number of hydrogen-bond acceptors (Lipinski definition) is 4. The SMILES string of the molecule is N[C@@H](Cc1ccc(C2=NN2C(F)(F)F)cc1)C(=O)O. The van der Waals surface area contributed by atoms with E-state index < -0.39 is 18.3 Å². The minimum Gasteiger partial charge on any atom is -0.480 e. The molecule has 0 aliphatic carbocycles. The van der Waals surface area contributed by atoms with Crippen LogP contribution in [0, 0.1) is 0 Å². The Morgan fingerprint density at radius 3 is 2.37 bits per heavy atom. The van der Waals surface area contributed by atoms with Crippen LogP contribution in [0.5, 0.6) is 0 Å². The molecule has 0 saturated carbocycles. The molecule has 2 rings (SSSR count). The summed E-state index contributed by atoms with van der Waals surface area (Å²) in [5.41, 5.74) is 6.32. The van der Waals surface area contributed by atoms with E-state index in [1.807, 2.05) is 0 Å². The van der Waals surface area contributed by atoms with Gasteiger partial charge in [-0.25, -0.2) is 0 Å². The average molecular weight is 273 g/mol. The van der Waals surface area contributed by atoms with Crippen molar-refractivity contribution in [2.75, 3.05) is 0 Å². The molecule has 1 aromatic rings. The van der Waals surface area contributed by atoms with Gasteiger partial charge >= 0.3 is 12.3 Å². The molecular weight excluding hydrogens is 263 g/mol. The molecule has 102 valence electrons. The number of carboxylic acids is 1. The summed E-state index contributed by atoms with van der Waals surface area (Å²) in [7, 11) is 0. The molecule has 5 nitrogen and oxygen atoms in total. The van der Waals surface area contributed by atoms with Gasteiger partial charge in [0.15, 0.2) is 5.84 Å². The zero-order chi connectivity index (χ0) is 14.2. The van der Waals surface area contributed by atoms with Crippen molar-refractivity contribution in [2.24, 2.45) is 10.8 Å². The van der Waals surface area contributed by atoms with Crippen LogP contribution in [-0.4, -0.2) is 34.3 Å². The molecule has 1 atom stereocenters. The van der Waals surface area contributed by atoms with E-state index >= 15 is 0 Å². The Hall–Kier alpha value is -2.09. The lowest BCUT2D eigenvalue weighted by atomic mass is 10.0. The third kappa shape index (κ3) is 3.02. The number of halogens is 3. The minimum atomic E-state index is -4.50. The van der Waals surface area contributed by atoms with Crippen LogP contribution in [0.2, 0.25) is 0 Å². The van der Waals surface area contributed by atoms with E-state index in [0.717, 1.165) is 0 Å². The summed E-state index contributed by atoms with van der Waals surface area (Å²) in [6, 6.07) is 4.94. The largest absolute Gasteiger partial charge is 0.506 e. The summed E-state index contributed by atoms with van der Waals surface area (Å²) in [6.45, 7) is 0. The second-order valence-electron chi connectivity index (χ2n) is 4.05. The first-order chi connectivity index (χ1) is 8.79. The highest BCUT2D eigenvalue weighted by atomic mass is 19.4. The Balaban J connectivity index is 2.01. The Morgan fingerprint density at radius 2 is 1.95 bits per heavy atom. The molecule has 0 spiro atoms. The van der Waals surface area contributed by atoms with Crippen LogP contribution in [0.3, 0.4) is 0 Å². The van der Waals surface area contributed by atoms with Crippen molar-refractivity contribution in [1.29, 1.82) is 0 Å². The van der Waals surface area contributed by atoms with Gasteiger partial charge in [-0.05, 0) is 12.0 Å². The molecule has 1 heterocycles. The molecular formula is C11H10F3N3O2. The van der Waals surface area contributed by atoms with Gasteiger partial charge in [0.2, 0.25) is 0 Å². The maximum absolute atomic E-state index is 12.2. The number of carboxylic acid groups (broad SMARTS) is 1. The van der Waals surface area contributed by atoms with Crippen molar-refractivity contribution < 1.29 is 23.1 Å². The van der Waals surface area contributed by atoms with E-state index in [2.05, 4.69) is 5.10 Å². The van der Waals surface area contributed by atoms with Crippen LogP contribution in [0.25, 0.3) is 0 Å². The highest BCUT2D eigenvalue weighted by Gasteiger charge is 2.48. The number of hydrogen-bond donors (Lipinski definition) is 2. The van der Waals surface area contributed by atoms with E-state index in [-0.39, 0.29) is 17.3 Å². The fraction of sp³-hybridized carbons (Fsp3) is 0.273. The minimum absolute atomic E-state index is 0.0228.